The van der Waals surface area contributed by atoms with E-state index >= 15 is 0 Å². The summed E-state index contributed by atoms with van der Waals surface area (Å²) < 4.78 is 5.04. The zero-order chi connectivity index (χ0) is 17.8. The molecule has 0 spiro atoms. The molecule has 0 saturated carbocycles. The first-order valence-electron chi connectivity index (χ1n) is 7.19. The van der Waals surface area contributed by atoms with Crippen molar-refractivity contribution in [2.75, 3.05) is 5.32 Å². The Kier molecular flexibility index (Phi) is 4.26. The topological polar surface area (TPSA) is 116 Å². The molecule has 2 N–H and O–H groups in total. The third-order valence-corrected chi connectivity index (χ3v) is 3.43. The van der Waals surface area contributed by atoms with Crippen molar-refractivity contribution in [3.63, 3.8) is 0 Å². The van der Waals surface area contributed by atoms with Gasteiger partial charge in [-0.15, -0.1) is 0 Å². The van der Waals surface area contributed by atoms with Gasteiger partial charge in [0.15, 0.2) is 0 Å². The Balaban J connectivity index is 1.85. The van der Waals surface area contributed by atoms with Gasteiger partial charge in [-0.05, 0) is 18.2 Å². The second-order valence-electron chi connectivity index (χ2n) is 5.07. The number of anilines is 1. The molecule has 0 aliphatic rings. The lowest BCUT2D eigenvalue weighted by molar-refractivity contribution is 0.0698. The fourth-order valence-electron chi connectivity index (χ4n) is 2.21. The Morgan fingerprint density at radius 1 is 1.12 bits per heavy atom. The van der Waals surface area contributed by atoms with Crippen molar-refractivity contribution >= 4 is 17.6 Å². The van der Waals surface area contributed by atoms with E-state index in [9.17, 15) is 14.7 Å². The third-order valence-electron chi connectivity index (χ3n) is 3.43. The van der Waals surface area contributed by atoms with Crippen molar-refractivity contribution in [2.24, 2.45) is 0 Å². The summed E-state index contributed by atoms with van der Waals surface area (Å²) in [5.41, 5.74) is 1.34. The van der Waals surface area contributed by atoms with Crippen molar-refractivity contribution in [1.82, 2.24) is 5.16 Å². The van der Waals surface area contributed by atoms with Crippen LogP contribution >= 0.6 is 0 Å². The molecule has 7 heteroatoms. The summed E-state index contributed by atoms with van der Waals surface area (Å²) in [7, 11) is 0. The normalized spacial score (nSPS) is 10.0. The van der Waals surface area contributed by atoms with E-state index in [1.165, 1.54) is 24.3 Å². The van der Waals surface area contributed by atoms with Gasteiger partial charge in [-0.1, -0.05) is 35.5 Å². The Morgan fingerprint density at radius 3 is 2.56 bits per heavy atom. The molecule has 7 nitrogen and oxygen atoms in total. The number of aromatic nitrogens is 1. The molecule has 1 amide bonds. The molecule has 122 valence electrons. The molecular weight excluding hydrogens is 322 g/mol. The van der Waals surface area contributed by atoms with Crippen LogP contribution in [0.3, 0.4) is 0 Å². The summed E-state index contributed by atoms with van der Waals surface area (Å²) >= 11 is 0. The van der Waals surface area contributed by atoms with E-state index in [0.717, 1.165) is 5.56 Å². The van der Waals surface area contributed by atoms with Crippen LogP contribution in [0.2, 0.25) is 0 Å². The van der Waals surface area contributed by atoms with Crippen LogP contribution in [-0.4, -0.2) is 22.1 Å². The molecule has 0 bridgehead atoms. The maximum absolute atomic E-state index is 12.3. The summed E-state index contributed by atoms with van der Waals surface area (Å²) in [6.07, 6.45) is 0. The highest BCUT2D eigenvalue weighted by Gasteiger charge is 2.18. The predicted octanol–water partition coefficient (Wildman–Crippen LogP) is 3.16. The lowest BCUT2D eigenvalue weighted by atomic mass is 10.1. The maximum atomic E-state index is 12.3. The number of aromatic carboxylic acids is 1. The second kappa shape index (κ2) is 6.68. The van der Waals surface area contributed by atoms with Gasteiger partial charge in [0.25, 0.3) is 5.91 Å². The molecule has 0 unspecified atom stereocenters. The van der Waals surface area contributed by atoms with Crippen molar-refractivity contribution in [3.8, 4) is 17.3 Å². The van der Waals surface area contributed by atoms with E-state index in [1.807, 2.05) is 36.4 Å². The van der Waals surface area contributed by atoms with Gasteiger partial charge < -0.3 is 14.9 Å². The minimum absolute atomic E-state index is 0.0560. The van der Waals surface area contributed by atoms with Crippen molar-refractivity contribution in [3.05, 3.63) is 71.5 Å². The van der Waals surface area contributed by atoms with Crippen LogP contribution in [0.1, 0.15) is 26.5 Å². The first-order valence-corrected chi connectivity index (χ1v) is 7.19. The first kappa shape index (κ1) is 16.0. The first-order chi connectivity index (χ1) is 12.1. The zero-order valence-electron chi connectivity index (χ0n) is 12.8. The zero-order valence-corrected chi connectivity index (χ0v) is 12.8. The van der Waals surface area contributed by atoms with E-state index < -0.39 is 11.9 Å². The number of rotatable bonds is 4. The fourth-order valence-corrected chi connectivity index (χ4v) is 2.21. The number of hydrogen-bond acceptors (Lipinski definition) is 5. The lowest BCUT2D eigenvalue weighted by Crippen LogP contribution is -2.14. The van der Waals surface area contributed by atoms with Gasteiger partial charge in [0.05, 0.1) is 22.9 Å². The average molecular weight is 333 g/mol. The van der Waals surface area contributed by atoms with E-state index in [1.54, 1.807) is 0 Å². The molecule has 0 aliphatic heterocycles. The maximum Gasteiger partial charge on any atom is 0.337 e. The number of benzene rings is 2. The Labute approximate surface area is 142 Å². The monoisotopic (exact) mass is 333 g/mol. The SMILES string of the molecule is N#Cc1ccc(NC(=O)c2cc(-c3ccccc3)no2)c(C(=O)O)c1. The molecule has 0 atom stereocenters. The van der Waals surface area contributed by atoms with Crippen LogP contribution in [0, 0.1) is 11.3 Å². The predicted molar refractivity (Wildman–Crippen MR) is 88.0 cm³/mol. The van der Waals surface area contributed by atoms with Crippen LogP contribution in [0.4, 0.5) is 5.69 Å². The number of carboxylic acid groups (broad SMARTS) is 1. The molecule has 1 heterocycles. The molecule has 1 aromatic heterocycles. The lowest BCUT2D eigenvalue weighted by Gasteiger charge is -2.07. The van der Waals surface area contributed by atoms with E-state index in [2.05, 4.69) is 10.5 Å². The molecule has 0 aliphatic carbocycles. The molecule has 25 heavy (non-hydrogen) atoms. The number of amides is 1. The summed E-state index contributed by atoms with van der Waals surface area (Å²) in [5, 5.41) is 24.4. The molecule has 0 saturated heterocycles. The second-order valence-corrected chi connectivity index (χ2v) is 5.07. The van der Waals surface area contributed by atoms with Gasteiger partial charge in [0.2, 0.25) is 5.76 Å². The average Bonchev–Trinajstić information content (AvgIpc) is 3.13. The van der Waals surface area contributed by atoms with Gasteiger partial charge in [0, 0.05) is 11.6 Å². The number of carbonyl (C=O) groups excluding carboxylic acids is 1. The van der Waals surface area contributed by atoms with Crippen LogP contribution in [-0.2, 0) is 0 Å². The van der Waals surface area contributed by atoms with Gasteiger partial charge in [0.1, 0.15) is 5.69 Å². The highest BCUT2D eigenvalue weighted by Crippen LogP contribution is 2.21. The van der Waals surface area contributed by atoms with Crippen LogP contribution in [0.5, 0.6) is 0 Å². The molecule has 3 rings (SSSR count). The van der Waals surface area contributed by atoms with Crippen molar-refractivity contribution in [1.29, 1.82) is 5.26 Å². The number of carbonyl (C=O) groups is 2. The standard InChI is InChI=1S/C18H11N3O4/c19-10-11-6-7-14(13(8-11)18(23)24)20-17(22)16-9-15(21-25-16)12-4-2-1-3-5-12/h1-9H,(H,20,22)(H,23,24). The number of nitriles is 1. The Morgan fingerprint density at radius 2 is 1.88 bits per heavy atom. The molecule has 0 fully saturated rings. The van der Waals surface area contributed by atoms with Crippen LogP contribution < -0.4 is 5.32 Å². The number of nitrogens with zero attached hydrogens (tertiary/aromatic N) is 2. The highest BCUT2D eigenvalue weighted by atomic mass is 16.5. The largest absolute Gasteiger partial charge is 0.478 e. The van der Waals surface area contributed by atoms with Gasteiger partial charge >= 0.3 is 5.97 Å². The van der Waals surface area contributed by atoms with Crippen molar-refractivity contribution in [2.45, 2.75) is 0 Å². The summed E-state index contributed by atoms with van der Waals surface area (Å²) in [6, 6.07) is 16.4. The van der Waals surface area contributed by atoms with E-state index in [4.69, 9.17) is 9.78 Å². The van der Waals surface area contributed by atoms with E-state index in [0.29, 0.717) is 5.69 Å². The van der Waals surface area contributed by atoms with Gasteiger partial charge in [-0.3, -0.25) is 4.79 Å². The van der Waals surface area contributed by atoms with E-state index in [-0.39, 0.29) is 22.6 Å². The minimum Gasteiger partial charge on any atom is -0.478 e. The molecular formula is C18H11N3O4. The fraction of sp³-hybridized carbons (Fsp3) is 0. The summed E-state index contributed by atoms with van der Waals surface area (Å²) in [6.45, 7) is 0. The number of carboxylic acids is 1. The van der Waals surface area contributed by atoms with Crippen LogP contribution in [0.15, 0.2) is 59.1 Å². The summed E-state index contributed by atoms with van der Waals surface area (Å²) in [5.74, 6) is -1.95. The van der Waals surface area contributed by atoms with Gasteiger partial charge in [-0.2, -0.15) is 5.26 Å². The van der Waals surface area contributed by atoms with Crippen molar-refractivity contribution < 1.29 is 19.2 Å². The Bertz CT molecular complexity index is 987. The smallest absolute Gasteiger partial charge is 0.337 e. The number of nitrogens with one attached hydrogen (secondary N) is 1. The summed E-state index contributed by atoms with van der Waals surface area (Å²) in [4.78, 5) is 23.6. The molecule has 3 aromatic rings. The molecule has 2 aromatic carbocycles. The highest BCUT2D eigenvalue weighted by molar-refractivity contribution is 6.06. The van der Waals surface area contributed by atoms with Gasteiger partial charge in [-0.25, -0.2) is 4.79 Å². The number of hydrogen-bond donors (Lipinski definition) is 2. The third kappa shape index (κ3) is 3.38. The molecule has 0 radical (unpaired) electrons. The quantitative estimate of drug-likeness (QED) is 0.757. The minimum atomic E-state index is -1.25. The van der Waals surface area contributed by atoms with Crippen LogP contribution in [0.25, 0.3) is 11.3 Å². The Hall–Kier alpha value is -3.92.